The number of hydrogen-bond acceptors (Lipinski definition) is 0. The summed E-state index contributed by atoms with van der Waals surface area (Å²) in [5.41, 5.74) is -1.87. The molecule has 1 radical (unpaired) electrons. The van der Waals surface area contributed by atoms with Crippen LogP contribution in [0.15, 0.2) is 24.3 Å². The molecule has 0 saturated heterocycles. The summed E-state index contributed by atoms with van der Waals surface area (Å²) in [7, 11) is 0. The van der Waals surface area contributed by atoms with Crippen molar-refractivity contribution in [2.45, 2.75) is 38.0 Å². The second-order valence-electron chi connectivity index (χ2n) is 4.51. The van der Waals surface area contributed by atoms with Crippen molar-refractivity contribution < 1.29 is 54.7 Å². The fourth-order valence-electron chi connectivity index (χ4n) is 2.16. The zero-order valence-electron chi connectivity index (χ0n) is 11.2. The Morgan fingerprint density at radius 3 is 2.10 bits per heavy atom. The first kappa shape index (κ1) is 20.0. The quantitative estimate of drug-likeness (QED) is 0.490. The van der Waals surface area contributed by atoms with Crippen molar-refractivity contribution in [2.24, 2.45) is 5.92 Å². The molecule has 1 rings (SSSR count). The van der Waals surface area contributed by atoms with Crippen LogP contribution in [-0.2, 0) is 38.4 Å². The van der Waals surface area contributed by atoms with Crippen LogP contribution in [0.4, 0.5) is 22.0 Å². The summed E-state index contributed by atoms with van der Waals surface area (Å²) in [6.07, 6.45) is -6.19. The number of alkyl halides is 5. The van der Waals surface area contributed by atoms with E-state index in [9.17, 15) is 22.0 Å². The molecule has 1 aromatic rings. The van der Waals surface area contributed by atoms with Crippen molar-refractivity contribution in [1.29, 1.82) is 0 Å². The molecule has 1 aromatic carbocycles. The first-order valence-corrected chi connectivity index (χ1v) is 6.11. The summed E-state index contributed by atoms with van der Waals surface area (Å²) in [5.74, 6) is -1.29. The predicted octanol–water partition coefficient (Wildman–Crippen LogP) is 4.99. The Morgan fingerprint density at radius 1 is 1.15 bits per heavy atom. The molecule has 0 heterocycles. The van der Waals surface area contributed by atoms with Crippen LogP contribution in [0.2, 0.25) is 0 Å². The van der Waals surface area contributed by atoms with Crippen molar-refractivity contribution in [3.05, 3.63) is 35.9 Å². The summed E-state index contributed by atoms with van der Waals surface area (Å²) in [4.78, 5) is 0. The number of halogens is 5. The van der Waals surface area contributed by atoms with Gasteiger partial charge in [0.05, 0.1) is 6.67 Å². The molecule has 6 heteroatoms. The van der Waals surface area contributed by atoms with E-state index >= 15 is 0 Å². The second kappa shape index (κ2) is 8.42. The molecule has 0 fully saturated rings. The van der Waals surface area contributed by atoms with Gasteiger partial charge in [0.1, 0.15) is 5.67 Å². The topological polar surface area (TPSA) is 0 Å². The molecule has 0 bridgehead atoms. The van der Waals surface area contributed by atoms with Gasteiger partial charge in [-0.25, -0.2) is 4.39 Å². The molecule has 0 aliphatic heterocycles. The van der Waals surface area contributed by atoms with Crippen LogP contribution in [0.25, 0.3) is 0 Å². The van der Waals surface area contributed by atoms with Gasteiger partial charge < -0.3 is 0 Å². The van der Waals surface area contributed by atoms with E-state index in [2.05, 4.69) is 6.07 Å². The molecule has 0 amide bonds. The summed E-state index contributed by atoms with van der Waals surface area (Å²) in [5, 5.41) is 0. The van der Waals surface area contributed by atoms with Crippen molar-refractivity contribution in [3.8, 4) is 0 Å². The van der Waals surface area contributed by atoms with Crippen molar-refractivity contribution >= 4 is 0 Å². The van der Waals surface area contributed by atoms with Crippen molar-refractivity contribution in [1.82, 2.24) is 0 Å². The third kappa shape index (κ3) is 5.40. The van der Waals surface area contributed by atoms with Crippen LogP contribution < -0.4 is 0 Å². The molecule has 111 valence electrons. The predicted molar refractivity (Wildman–Crippen MR) is 63.1 cm³/mol. The summed E-state index contributed by atoms with van der Waals surface area (Å²) in [6, 6.07) is 8.50. The third-order valence-electron chi connectivity index (χ3n) is 3.32. The fourth-order valence-corrected chi connectivity index (χ4v) is 2.16. The van der Waals surface area contributed by atoms with E-state index in [1.165, 1.54) is 31.2 Å². The van der Waals surface area contributed by atoms with E-state index in [1.54, 1.807) is 0 Å². The minimum absolute atomic E-state index is 0. The number of benzene rings is 1. The molecule has 2 unspecified atom stereocenters. The van der Waals surface area contributed by atoms with E-state index in [0.29, 0.717) is 0 Å². The molecule has 0 nitrogen and oxygen atoms in total. The van der Waals surface area contributed by atoms with Gasteiger partial charge in [-0.05, 0) is 12.8 Å². The van der Waals surface area contributed by atoms with E-state index in [1.807, 2.05) is 0 Å². The van der Waals surface area contributed by atoms with Crippen molar-refractivity contribution in [3.63, 3.8) is 0 Å². The van der Waals surface area contributed by atoms with Crippen LogP contribution in [-0.4, -0.2) is 12.9 Å². The molecule has 0 aliphatic rings. The zero-order valence-corrected chi connectivity index (χ0v) is 14.0. The second-order valence-corrected chi connectivity index (χ2v) is 4.51. The normalized spacial score (nSPS) is 16.1. The zero-order chi connectivity index (χ0) is 14.5. The monoisotopic (exact) mass is 368 g/mol. The Kier molecular flexibility index (Phi) is 8.41. The molecular weight excluding hydrogens is 352 g/mol. The molecule has 2 atom stereocenters. The van der Waals surface area contributed by atoms with Gasteiger partial charge in [-0.3, -0.25) is 4.39 Å². The van der Waals surface area contributed by atoms with Gasteiger partial charge in [0.25, 0.3) is 0 Å². The Labute approximate surface area is 141 Å². The Morgan fingerprint density at radius 2 is 1.70 bits per heavy atom. The third-order valence-corrected chi connectivity index (χ3v) is 3.32. The van der Waals surface area contributed by atoms with E-state index in [4.69, 9.17) is 0 Å². The summed E-state index contributed by atoms with van der Waals surface area (Å²) < 4.78 is 64.4. The van der Waals surface area contributed by atoms with Gasteiger partial charge in [0.15, 0.2) is 0 Å². The molecule has 20 heavy (non-hydrogen) atoms. The molecule has 0 N–H and O–H groups in total. The smallest absolute Gasteiger partial charge is 0.251 e. The van der Waals surface area contributed by atoms with Gasteiger partial charge in [-0.2, -0.15) is 43.5 Å². The van der Waals surface area contributed by atoms with Gasteiger partial charge in [-0.15, -0.1) is 5.56 Å². The molecular formula is C14H16F5Y-. The maximum atomic E-state index is 14.9. The van der Waals surface area contributed by atoms with Crippen LogP contribution in [0.3, 0.4) is 0 Å². The average Bonchev–Trinajstić information content (AvgIpc) is 2.38. The summed E-state index contributed by atoms with van der Waals surface area (Å²) in [6.45, 7) is 0.395. The van der Waals surface area contributed by atoms with Gasteiger partial charge in [-0.1, -0.05) is 6.92 Å². The Bertz CT molecular complexity index is 379. The van der Waals surface area contributed by atoms with Crippen molar-refractivity contribution in [2.75, 3.05) is 6.67 Å². The maximum Gasteiger partial charge on any atom is 0.389 e. The number of rotatable bonds is 6. The maximum absolute atomic E-state index is 14.9. The Hall–Kier alpha value is -0.0261. The fraction of sp³-hybridized carbons (Fsp3) is 0.571. The van der Waals surface area contributed by atoms with Crippen LogP contribution in [0.1, 0.15) is 31.7 Å². The van der Waals surface area contributed by atoms with E-state index in [-0.39, 0.29) is 44.7 Å². The first-order valence-electron chi connectivity index (χ1n) is 6.11. The summed E-state index contributed by atoms with van der Waals surface area (Å²) >= 11 is 0. The molecule has 0 spiro atoms. The van der Waals surface area contributed by atoms with E-state index < -0.39 is 37.3 Å². The van der Waals surface area contributed by atoms with Gasteiger partial charge >= 0.3 is 6.18 Å². The first-order chi connectivity index (χ1) is 8.83. The number of hydrogen-bond donors (Lipinski definition) is 0. The van der Waals surface area contributed by atoms with Crippen LogP contribution in [0.5, 0.6) is 0 Å². The Balaban J connectivity index is 0.00000361. The molecule has 0 aliphatic carbocycles. The standard InChI is InChI=1S/C14H16F5.Y/c1-2-13(16,11-6-4-3-5-7-11)12(10-15)8-9-14(17,18)19;/h4-7,12H,2,8-10H2,1H3;/q-1;. The van der Waals surface area contributed by atoms with Gasteiger partial charge in [0, 0.05) is 45.0 Å². The van der Waals surface area contributed by atoms with Gasteiger partial charge in [0.2, 0.25) is 0 Å². The SMILES string of the molecule is CCC(F)(c1cc[c-]cc1)C(CF)CCC(F)(F)F.[Y]. The van der Waals surface area contributed by atoms with Crippen LogP contribution in [0, 0.1) is 12.0 Å². The van der Waals surface area contributed by atoms with Crippen LogP contribution >= 0.6 is 0 Å². The largest absolute Gasteiger partial charge is 0.389 e. The average molecular weight is 368 g/mol. The molecule has 0 saturated carbocycles. The minimum atomic E-state index is -4.40. The van der Waals surface area contributed by atoms with E-state index in [0.717, 1.165) is 0 Å². The minimum Gasteiger partial charge on any atom is -0.251 e. The molecule has 0 aromatic heterocycles.